The zero-order valence-corrected chi connectivity index (χ0v) is 15.7. The molecule has 6 nitrogen and oxygen atoms in total. The number of carbonyl (C=O) groups is 1. The summed E-state index contributed by atoms with van der Waals surface area (Å²) in [5, 5.41) is 3.11. The van der Waals surface area contributed by atoms with E-state index >= 15 is 0 Å². The van der Waals surface area contributed by atoms with Gasteiger partial charge in [0.25, 0.3) is 11.5 Å². The molecule has 0 unspecified atom stereocenters. The summed E-state index contributed by atoms with van der Waals surface area (Å²) < 4.78 is 26.2. The van der Waals surface area contributed by atoms with Gasteiger partial charge in [0, 0.05) is 16.3 Å². The van der Waals surface area contributed by atoms with E-state index < -0.39 is 23.1 Å². The minimum absolute atomic E-state index is 0.169. The van der Waals surface area contributed by atoms with Crippen molar-refractivity contribution in [3.05, 3.63) is 80.6 Å². The number of nitrogen functional groups attached to an aromatic ring is 1. The van der Waals surface area contributed by atoms with Crippen LogP contribution in [-0.2, 0) is 5.75 Å². The zero-order chi connectivity index (χ0) is 20.3. The molecule has 144 valence electrons. The van der Waals surface area contributed by atoms with Crippen LogP contribution in [0.1, 0.15) is 15.9 Å². The SMILES string of the molecule is Nc1nc(SCc2cccc(Cl)c2)[nH]c(=O)c1NC(=O)c1ccc(F)c(F)c1. The average molecular weight is 423 g/mol. The maximum Gasteiger partial charge on any atom is 0.277 e. The molecule has 3 rings (SSSR count). The van der Waals surface area contributed by atoms with Crippen LogP contribution >= 0.6 is 23.4 Å². The third-order valence-corrected chi connectivity index (χ3v) is 4.79. The summed E-state index contributed by atoms with van der Waals surface area (Å²) in [6, 6.07) is 9.82. The van der Waals surface area contributed by atoms with E-state index in [1.807, 2.05) is 6.07 Å². The number of nitrogens with two attached hydrogens (primary N) is 1. The molecule has 3 aromatic rings. The van der Waals surface area contributed by atoms with Gasteiger partial charge in [0.2, 0.25) is 0 Å². The number of amides is 1. The number of nitrogens with one attached hydrogen (secondary N) is 2. The Morgan fingerprint density at radius 3 is 2.68 bits per heavy atom. The van der Waals surface area contributed by atoms with E-state index in [2.05, 4.69) is 15.3 Å². The van der Waals surface area contributed by atoms with E-state index in [4.69, 9.17) is 17.3 Å². The monoisotopic (exact) mass is 422 g/mol. The third kappa shape index (κ3) is 4.68. The first kappa shape index (κ1) is 19.8. The Labute approximate surface area is 167 Å². The third-order valence-electron chi connectivity index (χ3n) is 3.61. The highest BCUT2D eigenvalue weighted by atomic mass is 35.5. The number of aromatic nitrogens is 2. The molecule has 0 fully saturated rings. The van der Waals surface area contributed by atoms with Crippen molar-refractivity contribution in [1.29, 1.82) is 0 Å². The number of rotatable bonds is 5. The summed E-state index contributed by atoms with van der Waals surface area (Å²) in [6.45, 7) is 0. The topological polar surface area (TPSA) is 101 Å². The van der Waals surface area contributed by atoms with E-state index in [0.29, 0.717) is 10.8 Å². The highest BCUT2D eigenvalue weighted by Gasteiger charge is 2.15. The predicted octanol–water partition coefficient (Wildman–Crippen LogP) is 3.83. The number of benzene rings is 2. The van der Waals surface area contributed by atoms with Gasteiger partial charge in [0.1, 0.15) is 5.69 Å². The zero-order valence-electron chi connectivity index (χ0n) is 14.1. The Kier molecular flexibility index (Phi) is 5.96. The van der Waals surface area contributed by atoms with E-state index in [9.17, 15) is 18.4 Å². The standard InChI is InChI=1S/C18H13ClF2N4O2S/c19-11-3-1-2-9(6-11)8-28-18-24-15(22)14(17(27)25-18)23-16(26)10-4-5-12(20)13(21)7-10/h1-7H,8H2,(H,23,26)(H3,22,24,25,27). The molecular formula is C18H13ClF2N4O2S. The molecule has 2 aromatic carbocycles. The van der Waals surface area contributed by atoms with Crippen LogP contribution in [0.5, 0.6) is 0 Å². The van der Waals surface area contributed by atoms with E-state index in [1.54, 1.807) is 18.2 Å². The van der Waals surface area contributed by atoms with Crippen molar-refractivity contribution in [1.82, 2.24) is 9.97 Å². The molecule has 0 saturated carbocycles. The van der Waals surface area contributed by atoms with Gasteiger partial charge in [-0.15, -0.1) is 0 Å². The number of anilines is 2. The first-order valence-corrected chi connectivity index (χ1v) is 9.23. The minimum Gasteiger partial charge on any atom is -0.382 e. The summed E-state index contributed by atoms with van der Waals surface area (Å²) in [7, 11) is 0. The van der Waals surface area contributed by atoms with Crippen molar-refractivity contribution in [2.24, 2.45) is 0 Å². The van der Waals surface area contributed by atoms with Crippen molar-refractivity contribution in [3.8, 4) is 0 Å². The number of thioether (sulfide) groups is 1. The van der Waals surface area contributed by atoms with Crippen LogP contribution in [0.3, 0.4) is 0 Å². The molecule has 0 bridgehead atoms. The van der Waals surface area contributed by atoms with Crippen LogP contribution in [0.2, 0.25) is 5.02 Å². The highest BCUT2D eigenvalue weighted by molar-refractivity contribution is 7.98. The Morgan fingerprint density at radius 2 is 2.00 bits per heavy atom. The lowest BCUT2D eigenvalue weighted by Gasteiger charge is -2.09. The Balaban J connectivity index is 1.75. The molecular weight excluding hydrogens is 410 g/mol. The number of hydrogen-bond donors (Lipinski definition) is 3. The lowest BCUT2D eigenvalue weighted by molar-refractivity contribution is 0.102. The van der Waals surface area contributed by atoms with Crippen molar-refractivity contribution < 1.29 is 13.6 Å². The number of halogens is 3. The van der Waals surface area contributed by atoms with Gasteiger partial charge in [0.15, 0.2) is 22.6 Å². The molecule has 0 aliphatic rings. The molecule has 1 aromatic heterocycles. The maximum atomic E-state index is 13.3. The quantitative estimate of drug-likeness (QED) is 0.428. The predicted molar refractivity (Wildman–Crippen MR) is 105 cm³/mol. The summed E-state index contributed by atoms with van der Waals surface area (Å²) >= 11 is 7.16. The summed E-state index contributed by atoms with van der Waals surface area (Å²) in [5.74, 6) is -2.80. The molecule has 1 amide bonds. The number of H-pyrrole nitrogens is 1. The number of hydrogen-bond acceptors (Lipinski definition) is 5. The lowest BCUT2D eigenvalue weighted by Crippen LogP contribution is -2.23. The lowest BCUT2D eigenvalue weighted by atomic mass is 10.2. The smallest absolute Gasteiger partial charge is 0.277 e. The van der Waals surface area contributed by atoms with Gasteiger partial charge in [-0.2, -0.15) is 0 Å². The van der Waals surface area contributed by atoms with Gasteiger partial charge in [0.05, 0.1) is 0 Å². The number of aromatic amines is 1. The van der Waals surface area contributed by atoms with Gasteiger partial charge in [-0.25, -0.2) is 13.8 Å². The van der Waals surface area contributed by atoms with Crippen molar-refractivity contribution in [2.45, 2.75) is 10.9 Å². The van der Waals surface area contributed by atoms with Gasteiger partial charge in [-0.1, -0.05) is 35.5 Å². The van der Waals surface area contributed by atoms with Gasteiger partial charge in [-0.3, -0.25) is 14.6 Å². The summed E-state index contributed by atoms with van der Waals surface area (Å²) in [6.07, 6.45) is 0. The second-order valence-electron chi connectivity index (χ2n) is 5.63. The van der Waals surface area contributed by atoms with Crippen LogP contribution < -0.4 is 16.6 Å². The molecule has 0 aliphatic carbocycles. The fourth-order valence-corrected chi connectivity index (χ4v) is 3.28. The first-order valence-electron chi connectivity index (χ1n) is 7.87. The second-order valence-corrected chi connectivity index (χ2v) is 7.03. The highest BCUT2D eigenvalue weighted by Crippen LogP contribution is 2.23. The summed E-state index contributed by atoms with van der Waals surface area (Å²) in [4.78, 5) is 31.0. The van der Waals surface area contributed by atoms with Crippen LogP contribution in [0.25, 0.3) is 0 Å². The molecule has 0 aliphatic heterocycles. The normalized spacial score (nSPS) is 10.7. The maximum absolute atomic E-state index is 13.3. The Hall–Kier alpha value is -2.91. The van der Waals surface area contributed by atoms with E-state index in [-0.39, 0.29) is 22.2 Å². The fraction of sp³-hybridized carbons (Fsp3) is 0.0556. The molecule has 0 atom stereocenters. The van der Waals surface area contributed by atoms with E-state index in [0.717, 1.165) is 23.8 Å². The van der Waals surface area contributed by atoms with Crippen molar-refractivity contribution >= 4 is 40.8 Å². The van der Waals surface area contributed by atoms with Crippen LogP contribution in [0.4, 0.5) is 20.3 Å². The first-order chi connectivity index (χ1) is 13.3. The molecule has 0 radical (unpaired) electrons. The second kappa shape index (κ2) is 8.41. The number of nitrogens with zero attached hydrogens (tertiary/aromatic N) is 1. The Morgan fingerprint density at radius 1 is 1.21 bits per heavy atom. The van der Waals surface area contributed by atoms with E-state index in [1.165, 1.54) is 11.8 Å². The fourth-order valence-electron chi connectivity index (χ4n) is 2.26. The largest absolute Gasteiger partial charge is 0.382 e. The summed E-state index contributed by atoms with van der Waals surface area (Å²) in [5.41, 5.74) is 5.59. The van der Waals surface area contributed by atoms with Gasteiger partial charge >= 0.3 is 0 Å². The number of carbonyl (C=O) groups excluding carboxylic acids is 1. The average Bonchev–Trinajstić information content (AvgIpc) is 2.65. The molecule has 4 N–H and O–H groups in total. The molecule has 28 heavy (non-hydrogen) atoms. The molecule has 0 spiro atoms. The Bertz CT molecular complexity index is 1110. The van der Waals surface area contributed by atoms with Gasteiger partial charge in [-0.05, 0) is 35.9 Å². The van der Waals surface area contributed by atoms with Crippen molar-refractivity contribution in [3.63, 3.8) is 0 Å². The molecule has 10 heteroatoms. The van der Waals surface area contributed by atoms with Gasteiger partial charge < -0.3 is 11.1 Å². The van der Waals surface area contributed by atoms with Crippen LogP contribution in [0, 0.1) is 11.6 Å². The van der Waals surface area contributed by atoms with Crippen molar-refractivity contribution in [2.75, 3.05) is 11.1 Å². The molecule has 0 saturated heterocycles. The van der Waals surface area contributed by atoms with Crippen LogP contribution in [-0.4, -0.2) is 15.9 Å². The molecule has 1 heterocycles. The van der Waals surface area contributed by atoms with Crippen LogP contribution in [0.15, 0.2) is 52.4 Å². The minimum atomic E-state index is -1.18.